The Morgan fingerprint density at radius 2 is 1.87 bits per heavy atom. The minimum absolute atomic E-state index is 0.0800. The van der Waals surface area contributed by atoms with Gasteiger partial charge < -0.3 is 10.4 Å². The Bertz CT molecular complexity index is 860. The van der Waals surface area contributed by atoms with Gasteiger partial charge >= 0.3 is 0 Å². The quantitative estimate of drug-likeness (QED) is 0.775. The molecule has 1 amide bonds. The summed E-state index contributed by atoms with van der Waals surface area (Å²) in [5.74, 6) is -0.0983. The maximum Gasteiger partial charge on any atom is 0.252 e. The molecule has 0 aliphatic heterocycles. The van der Waals surface area contributed by atoms with Crippen molar-refractivity contribution in [1.29, 1.82) is 0 Å². The Balaban J connectivity index is 1.97. The van der Waals surface area contributed by atoms with Gasteiger partial charge in [-0.05, 0) is 31.5 Å². The molecule has 0 spiro atoms. The first kappa shape index (κ1) is 15.0. The van der Waals surface area contributed by atoms with E-state index >= 15 is 0 Å². The van der Waals surface area contributed by atoms with Crippen molar-refractivity contribution in [1.82, 2.24) is 10.3 Å². The molecule has 1 heterocycles. The minimum atomic E-state index is -0.178. The zero-order valence-corrected chi connectivity index (χ0v) is 13.1. The number of aryl methyl sites for hydroxylation is 1. The number of carbonyl (C=O) groups is 1. The van der Waals surface area contributed by atoms with Gasteiger partial charge in [-0.25, -0.2) is 4.98 Å². The van der Waals surface area contributed by atoms with Gasteiger partial charge in [0, 0.05) is 11.1 Å². The van der Waals surface area contributed by atoms with E-state index in [1.54, 1.807) is 24.3 Å². The predicted molar refractivity (Wildman–Crippen MR) is 90.5 cm³/mol. The van der Waals surface area contributed by atoms with Crippen LogP contribution in [-0.2, 0) is 0 Å². The molecule has 0 saturated heterocycles. The Kier molecular flexibility index (Phi) is 3.98. The van der Waals surface area contributed by atoms with Gasteiger partial charge in [0.05, 0.1) is 11.6 Å². The molecule has 1 aromatic heterocycles. The molecule has 0 bridgehead atoms. The maximum absolute atomic E-state index is 12.7. The van der Waals surface area contributed by atoms with E-state index in [2.05, 4.69) is 10.3 Å². The van der Waals surface area contributed by atoms with Crippen LogP contribution in [0.4, 0.5) is 0 Å². The lowest BCUT2D eigenvalue weighted by atomic mass is 10.0. The normalized spacial score (nSPS) is 12.1. The molecule has 4 heteroatoms. The summed E-state index contributed by atoms with van der Waals surface area (Å²) >= 11 is 0. The van der Waals surface area contributed by atoms with E-state index in [4.69, 9.17) is 0 Å². The highest BCUT2D eigenvalue weighted by atomic mass is 16.3. The number of amides is 1. The van der Waals surface area contributed by atoms with E-state index in [9.17, 15) is 9.90 Å². The lowest BCUT2D eigenvalue weighted by Crippen LogP contribution is -2.27. The van der Waals surface area contributed by atoms with Crippen LogP contribution >= 0.6 is 0 Å². The number of nitrogens with zero attached hydrogens (tertiary/aromatic N) is 1. The summed E-state index contributed by atoms with van der Waals surface area (Å²) in [6.45, 7) is 3.75. The van der Waals surface area contributed by atoms with E-state index < -0.39 is 0 Å². The average molecular weight is 306 g/mol. The number of nitrogens with one attached hydrogen (secondary N) is 1. The molecular formula is C19H18N2O2. The molecule has 2 N–H and O–H groups in total. The molecule has 3 rings (SSSR count). The second-order valence-electron chi connectivity index (χ2n) is 5.59. The smallest absolute Gasteiger partial charge is 0.252 e. The molecule has 23 heavy (non-hydrogen) atoms. The fourth-order valence-electron chi connectivity index (χ4n) is 2.65. The fraction of sp³-hybridized carbons (Fsp3) is 0.158. The molecule has 4 nitrogen and oxygen atoms in total. The van der Waals surface area contributed by atoms with Crippen LogP contribution in [0.1, 0.15) is 34.6 Å². The Hall–Kier alpha value is -2.88. The number of hydrogen-bond acceptors (Lipinski definition) is 3. The van der Waals surface area contributed by atoms with Crippen molar-refractivity contribution >= 4 is 16.8 Å². The van der Waals surface area contributed by atoms with Crippen LogP contribution in [0.2, 0.25) is 0 Å². The standard InChI is InChI=1S/C19H18N2O2/c1-12-11-16(15-9-6-10-17(22)18(15)20-12)19(23)21-13(2)14-7-4-3-5-8-14/h3-11,13,22H,1-2H3,(H,21,23). The van der Waals surface area contributed by atoms with Crippen LogP contribution in [0.15, 0.2) is 54.6 Å². The van der Waals surface area contributed by atoms with Crippen molar-refractivity contribution in [3.8, 4) is 5.75 Å². The van der Waals surface area contributed by atoms with Crippen molar-refractivity contribution in [3.63, 3.8) is 0 Å². The third-order valence-corrected chi connectivity index (χ3v) is 3.84. The summed E-state index contributed by atoms with van der Waals surface area (Å²) in [5, 5.41) is 13.6. The number of aromatic nitrogens is 1. The molecule has 1 unspecified atom stereocenters. The maximum atomic E-state index is 12.7. The van der Waals surface area contributed by atoms with Crippen molar-refractivity contribution in [3.05, 3.63) is 71.4 Å². The molecule has 116 valence electrons. The molecule has 0 fully saturated rings. The van der Waals surface area contributed by atoms with Gasteiger partial charge in [-0.3, -0.25) is 4.79 Å². The number of pyridine rings is 1. The van der Waals surface area contributed by atoms with E-state index in [0.717, 1.165) is 5.56 Å². The number of phenolic OH excluding ortho intramolecular Hbond substituents is 1. The first-order valence-corrected chi connectivity index (χ1v) is 7.51. The molecule has 3 aromatic rings. The molecular weight excluding hydrogens is 288 g/mol. The SMILES string of the molecule is Cc1cc(C(=O)NC(C)c2ccccc2)c2cccc(O)c2n1. The van der Waals surface area contributed by atoms with E-state index in [-0.39, 0.29) is 17.7 Å². The number of rotatable bonds is 3. The summed E-state index contributed by atoms with van der Waals surface area (Å²) in [7, 11) is 0. The fourth-order valence-corrected chi connectivity index (χ4v) is 2.65. The van der Waals surface area contributed by atoms with Crippen LogP contribution < -0.4 is 5.32 Å². The van der Waals surface area contributed by atoms with Crippen LogP contribution in [-0.4, -0.2) is 16.0 Å². The van der Waals surface area contributed by atoms with Crippen molar-refractivity contribution in [2.24, 2.45) is 0 Å². The monoisotopic (exact) mass is 306 g/mol. The molecule has 0 saturated carbocycles. The Morgan fingerprint density at radius 3 is 2.61 bits per heavy atom. The number of benzene rings is 2. The van der Waals surface area contributed by atoms with Gasteiger partial charge in [0.15, 0.2) is 0 Å². The lowest BCUT2D eigenvalue weighted by Gasteiger charge is -2.15. The topological polar surface area (TPSA) is 62.2 Å². The van der Waals surface area contributed by atoms with E-state index in [0.29, 0.717) is 22.2 Å². The number of phenols is 1. The highest BCUT2D eigenvalue weighted by Gasteiger charge is 2.16. The zero-order valence-electron chi connectivity index (χ0n) is 13.1. The van der Waals surface area contributed by atoms with Gasteiger partial charge in [0.25, 0.3) is 5.91 Å². The second-order valence-corrected chi connectivity index (χ2v) is 5.59. The molecule has 0 aliphatic carbocycles. The highest BCUT2D eigenvalue weighted by Crippen LogP contribution is 2.26. The predicted octanol–water partition coefficient (Wildman–Crippen LogP) is 3.74. The van der Waals surface area contributed by atoms with Gasteiger partial charge in [-0.1, -0.05) is 42.5 Å². The number of hydrogen-bond donors (Lipinski definition) is 2. The minimum Gasteiger partial charge on any atom is -0.506 e. The highest BCUT2D eigenvalue weighted by molar-refractivity contribution is 6.07. The summed E-state index contributed by atoms with van der Waals surface area (Å²) in [4.78, 5) is 17.0. The van der Waals surface area contributed by atoms with Gasteiger partial charge in [0.2, 0.25) is 0 Å². The molecule has 1 atom stereocenters. The first-order chi connectivity index (χ1) is 11.1. The second kappa shape index (κ2) is 6.08. The largest absolute Gasteiger partial charge is 0.506 e. The van der Waals surface area contributed by atoms with Crippen molar-refractivity contribution in [2.75, 3.05) is 0 Å². The third-order valence-electron chi connectivity index (χ3n) is 3.84. The zero-order chi connectivity index (χ0) is 16.4. The number of fused-ring (bicyclic) bond motifs is 1. The molecule has 0 radical (unpaired) electrons. The number of para-hydroxylation sites is 1. The van der Waals surface area contributed by atoms with Crippen LogP contribution in [0, 0.1) is 6.92 Å². The Labute approximate surface area is 134 Å². The van der Waals surface area contributed by atoms with Crippen LogP contribution in [0.3, 0.4) is 0 Å². The Morgan fingerprint density at radius 1 is 1.13 bits per heavy atom. The summed E-state index contributed by atoms with van der Waals surface area (Å²) < 4.78 is 0. The van der Waals surface area contributed by atoms with Crippen LogP contribution in [0.25, 0.3) is 10.9 Å². The number of aromatic hydroxyl groups is 1. The van der Waals surface area contributed by atoms with Crippen molar-refractivity contribution in [2.45, 2.75) is 19.9 Å². The first-order valence-electron chi connectivity index (χ1n) is 7.51. The third kappa shape index (κ3) is 3.01. The average Bonchev–Trinajstić information content (AvgIpc) is 2.56. The van der Waals surface area contributed by atoms with E-state index in [1.807, 2.05) is 44.2 Å². The van der Waals surface area contributed by atoms with Gasteiger partial charge in [0.1, 0.15) is 11.3 Å². The van der Waals surface area contributed by atoms with Gasteiger partial charge in [-0.2, -0.15) is 0 Å². The summed E-state index contributed by atoms with van der Waals surface area (Å²) in [6, 6.07) is 16.5. The summed E-state index contributed by atoms with van der Waals surface area (Å²) in [6.07, 6.45) is 0. The van der Waals surface area contributed by atoms with E-state index in [1.165, 1.54) is 0 Å². The van der Waals surface area contributed by atoms with Crippen LogP contribution in [0.5, 0.6) is 5.75 Å². The molecule has 2 aromatic carbocycles. The van der Waals surface area contributed by atoms with Crippen molar-refractivity contribution < 1.29 is 9.90 Å². The summed E-state index contributed by atoms with van der Waals surface area (Å²) in [5.41, 5.74) is 2.70. The number of carbonyl (C=O) groups excluding carboxylic acids is 1. The molecule has 0 aliphatic rings. The lowest BCUT2D eigenvalue weighted by molar-refractivity contribution is 0.0941. The van der Waals surface area contributed by atoms with Gasteiger partial charge in [-0.15, -0.1) is 0 Å².